The molecule has 0 aromatic carbocycles. The predicted molar refractivity (Wildman–Crippen MR) is 198 cm³/mol. The van der Waals surface area contributed by atoms with Crippen LogP contribution in [0.3, 0.4) is 0 Å². The fourth-order valence-corrected chi connectivity index (χ4v) is 12.1. The molecule has 3 N–H and O–H groups in total. The summed E-state index contributed by atoms with van der Waals surface area (Å²) >= 11 is 0. The van der Waals surface area contributed by atoms with Crippen molar-refractivity contribution in [1.82, 2.24) is 0 Å². The summed E-state index contributed by atoms with van der Waals surface area (Å²) < 4.78 is 0. The fourth-order valence-electron chi connectivity index (χ4n) is 12.1. The van der Waals surface area contributed by atoms with Crippen molar-refractivity contribution in [3.63, 3.8) is 0 Å². The molecule has 2 nitrogen and oxygen atoms in total. The van der Waals surface area contributed by atoms with Crippen LogP contribution < -0.4 is 5.73 Å². The Bertz CT molecular complexity index is 794. The molecule has 4 aliphatic carbocycles. The van der Waals surface area contributed by atoms with E-state index in [1.807, 2.05) is 0 Å². The van der Waals surface area contributed by atoms with E-state index in [0.29, 0.717) is 16.7 Å². The van der Waals surface area contributed by atoms with Crippen molar-refractivity contribution in [2.75, 3.05) is 6.54 Å². The van der Waals surface area contributed by atoms with Crippen LogP contribution in [0.2, 0.25) is 0 Å². The summed E-state index contributed by atoms with van der Waals surface area (Å²) in [4.78, 5) is 0. The van der Waals surface area contributed by atoms with E-state index in [2.05, 4.69) is 55.4 Å². The molecule has 0 aromatic rings. The van der Waals surface area contributed by atoms with Crippen molar-refractivity contribution in [2.24, 2.45) is 63.4 Å². The molecule has 4 fully saturated rings. The Labute approximate surface area is 283 Å². The van der Waals surface area contributed by atoms with Gasteiger partial charge in [-0.3, -0.25) is 0 Å². The molecule has 4 rings (SSSR count). The van der Waals surface area contributed by atoms with Gasteiger partial charge < -0.3 is 10.8 Å². The first kappa shape index (κ1) is 39.4. The minimum absolute atomic E-state index is 0.0940. The Hall–Kier alpha value is -0.0800. The van der Waals surface area contributed by atoms with Crippen LogP contribution >= 0.6 is 0 Å². The molecular formula is C43H83NO. The number of rotatable bonds is 17. The van der Waals surface area contributed by atoms with E-state index in [1.54, 1.807) is 0 Å². The minimum atomic E-state index is -0.0940. The van der Waals surface area contributed by atoms with Crippen LogP contribution in [0.5, 0.6) is 0 Å². The van der Waals surface area contributed by atoms with Crippen molar-refractivity contribution in [3.05, 3.63) is 0 Å². The third-order valence-electron chi connectivity index (χ3n) is 14.8. The zero-order valence-corrected chi connectivity index (χ0v) is 32.1. The second kappa shape index (κ2) is 18.6. The average molecular weight is 630 g/mol. The Balaban J connectivity index is 0.000000313. The molecule has 4 saturated carbocycles. The number of aliphatic hydroxyl groups is 1. The molecule has 4 aliphatic rings. The number of fused-ring (bicyclic) bond motifs is 5. The third kappa shape index (κ3) is 9.98. The maximum Gasteiger partial charge on any atom is 0.0594 e. The monoisotopic (exact) mass is 630 g/mol. The molecule has 0 amide bonds. The molecule has 0 aromatic heterocycles. The maximum absolute atomic E-state index is 10.8. The highest BCUT2D eigenvalue weighted by Gasteiger charge is 2.63. The van der Waals surface area contributed by atoms with Gasteiger partial charge in [0.15, 0.2) is 0 Å². The van der Waals surface area contributed by atoms with Gasteiger partial charge in [-0.05, 0) is 122 Å². The summed E-state index contributed by atoms with van der Waals surface area (Å²) in [6.45, 7) is 20.6. The van der Waals surface area contributed by atoms with Gasteiger partial charge in [0.05, 0.1) is 6.10 Å². The SMILES string of the molecule is CC(C)CCC[C@@H](C)[C@H]1CC[C@H]2[C@@H]3CCC4C(C)(C)C(O)CC[C@]4(C)[C@H]3CC[C@]12C.CCCCCCCCCCCCCCN. The van der Waals surface area contributed by atoms with E-state index in [0.717, 1.165) is 48.5 Å². The van der Waals surface area contributed by atoms with Crippen LogP contribution in [0.1, 0.15) is 203 Å². The summed E-state index contributed by atoms with van der Waals surface area (Å²) in [5, 5.41) is 10.8. The van der Waals surface area contributed by atoms with Crippen LogP contribution in [-0.4, -0.2) is 17.8 Å². The highest BCUT2D eigenvalue weighted by Crippen LogP contribution is 2.70. The summed E-state index contributed by atoms with van der Waals surface area (Å²) in [6.07, 6.45) is 32.1. The average Bonchev–Trinajstić information content (AvgIpc) is 3.35. The molecule has 266 valence electrons. The van der Waals surface area contributed by atoms with Gasteiger partial charge in [0.2, 0.25) is 0 Å². The van der Waals surface area contributed by atoms with Gasteiger partial charge in [-0.15, -0.1) is 0 Å². The molecule has 9 atom stereocenters. The second-order valence-corrected chi connectivity index (χ2v) is 18.6. The van der Waals surface area contributed by atoms with E-state index in [9.17, 15) is 5.11 Å². The standard InChI is InChI=1S/C29H52O.C14H31N/c1-19(2)9-8-10-20(3)22-12-13-23-21-11-14-25-27(4,5)26(30)16-18-29(25,7)24(21)15-17-28(22,23)6;1-2-3-4-5-6-7-8-9-10-11-12-13-14-15/h19-26,30H,8-18H2,1-7H3;2-15H2,1H3/t20-,21+,22-,23+,24+,25?,26?,28-,29-;/m1./s1. The van der Waals surface area contributed by atoms with Crippen molar-refractivity contribution in [3.8, 4) is 0 Å². The van der Waals surface area contributed by atoms with Gasteiger partial charge in [-0.25, -0.2) is 0 Å². The summed E-state index contributed by atoms with van der Waals surface area (Å²) in [5.74, 6) is 6.29. The van der Waals surface area contributed by atoms with Crippen LogP contribution in [0.25, 0.3) is 0 Å². The number of unbranched alkanes of at least 4 members (excludes halogenated alkanes) is 11. The zero-order valence-electron chi connectivity index (χ0n) is 32.1. The largest absolute Gasteiger partial charge is 0.393 e. The Morgan fingerprint density at radius 2 is 1.18 bits per heavy atom. The highest BCUT2D eigenvalue weighted by atomic mass is 16.3. The van der Waals surface area contributed by atoms with E-state index in [1.165, 1.54) is 141 Å². The second-order valence-electron chi connectivity index (χ2n) is 18.6. The van der Waals surface area contributed by atoms with Crippen molar-refractivity contribution in [1.29, 1.82) is 0 Å². The maximum atomic E-state index is 10.8. The van der Waals surface area contributed by atoms with Crippen molar-refractivity contribution >= 4 is 0 Å². The lowest BCUT2D eigenvalue weighted by Crippen LogP contribution is -2.59. The van der Waals surface area contributed by atoms with Crippen LogP contribution in [0, 0.1) is 57.7 Å². The molecule has 2 unspecified atom stereocenters. The lowest BCUT2D eigenvalue weighted by atomic mass is 9.41. The summed E-state index contributed by atoms with van der Waals surface area (Å²) in [6, 6.07) is 0. The Morgan fingerprint density at radius 3 is 1.76 bits per heavy atom. The minimum Gasteiger partial charge on any atom is -0.393 e. The Kier molecular flexibility index (Phi) is 16.3. The molecule has 0 saturated heterocycles. The first-order chi connectivity index (χ1) is 21.4. The van der Waals surface area contributed by atoms with Gasteiger partial charge >= 0.3 is 0 Å². The highest BCUT2D eigenvalue weighted by molar-refractivity contribution is 5.12. The van der Waals surface area contributed by atoms with E-state index >= 15 is 0 Å². The van der Waals surface area contributed by atoms with E-state index in [-0.39, 0.29) is 11.5 Å². The normalized spacial score (nSPS) is 36.1. The molecule has 2 heteroatoms. The molecule has 0 spiro atoms. The van der Waals surface area contributed by atoms with Crippen LogP contribution in [0.15, 0.2) is 0 Å². The number of aliphatic hydroxyl groups excluding tert-OH is 1. The molecule has 45 heavy (non-hydrogen) atoms. The molecule has 0 heterocycles. The smallest absolute Gasteiger partial charge is 0.0594 e. The lowest BCUT2D eigenvalue weighted by molar-refractivity contribution is -0.179. The molecule has 0 radical (unpaired) electrons. The summed E-state index contributed by atoms with van der Waals surface area (Å²) in [5.41, 5.74) is 6.62. The number of hydrogen-bond donors (Lipinski definition) is 2. The van der Waals surface area contributed by atoms with Gasteiger partial charge in [0, 0.05) is 0 Å². The topological polar surface area (TPSA) is 46.2 Å². The van der Waals surface area contributed by atoms with Crippen LogP contribution in [-0.2, 0) is 0 Å². The predicted octanol–water partition coefficient (Wildman–Crippen LogP) is 12.8. The van der Waals surface area contributed by atoms with Crippen LogP contribution in [0.4, 0.5) is 0 Å². The first-order valence-corrected chi connectivity index (χ1v) is 20.8. The zero-order chi connectivity index (χ0) is 33.1. The van der Waals surface area contributed by atoms with E-state index in [4.69, 9.17) is 5.73 Å². The van der Waals surface area contributed by atoms with Gasteiger partial charge in [0.1, 0.15) is 0 Å². The first-order valence-electron chi connectivity index (χ1n) is 20.8. The lowest BCUT2D eigenvalue weighted by Gasteiger charge is -2.64. The van der Waals surface area contributed by atoms with Gasteiger partial charge in [-0.1, -0.05) is 145 Å². The Morgan fingerprint density at radius 1 is 0.622 bits per heavy atom. The summed E-state index contributed by atoms with van der Waals surface area (Å²) in [7, 11) is 0. The molecule has 0 bridgehead atoms. The molecular weight excluding hydrogens is 546 g/mol. The quantitative estimate of drug-likeness (QED) is 0.157. The fraction of sp³-hybridized carbons (Fsp3) is 1.00. The number of nitrogens with two attached hydrogens (primary N) is 1. The van der Waals surface area contributed by atoms with Gasteiger partial charge in [0.25, 0.3) is 0 Å². The van der Waals surface area contributed by atoms with Gasteiger partial charge in [-0.2, -0.15) is 0 Å². The van der Waals surface area contributed by atoms with Crippen molar-refractivity contribution in [2.45, 2.75) is 209 Å². The van der Waals surface area contributed by atoms with Crippen molar-refractivity contribution < 1.29 is 5.11 Å². The molecule has 0 aliphatic heterocycles. The van der Waals surface area contributed by atoms with E-state index < -0.39 is 0 Å². The number of hydrogen-bond acceptors (Lipinski definition) is 2. The third-order valence-corrected chi connectivity index (χ3v) is 14.8.